The quantitative estimate of drug-likeness (QED) is 0.637. The summed E-state index contributed by atoms with van der Waals surface area (Å²) in [5.74, 6) is 1.06. The van der Waals surface area contributed by atoms with Crippen LogP contribution in [0.15, 0.2) is 24.3 Å². The molecule has 4 heteroatoms. The minimum absolute atomic E-state index is 0.0509. The number of hydrogen-bond acceptors (Lipinski definition) is 2. The molecule has 0 aromatic heterocycles. The number of hydrogen-bond donors (Lipinski definition) is 1. The predicted molar refractivity (Wildman–Crippen MR) is 74.2 cm³/mol. The number of carbonyl (C=O) groups excluding carboxylic acids is 1. The Morgan fingerprint density at radius 1 is 1.33 bits per heavy atom. The van der Waals surface area contributed by atoms with Crippen LogP contribution in [-0.4, -0.2) is 24.9 Å². The second kappa shape index (κ2) is 6.64. The van der Waals surface area contributed by atoms with E-state index in [9.17, 15) is 4.79 Å². The molecule has 0 spiro atoms. The number of benzene rings is 1. The van der Waals surface area contributed by atoms with Crippen LogP contribution in [0.25, 0.3) is 0 Å². The normalized spacial score (nSPS) is 11.1. The van der Waals surface area contributed by atoms with Gasteiger partial charge in [0.15, 0.2) is 0 Å². The summed E-state index contributed by atoms with van der Waals surface area (Å²) in [6.45, 7) is 6.59. The van der Waals surface area contributed by atoms with Crippen LogP contribution in [0.3, 0.4) is 0 Å². The van der Waals surface area contributed by atoms with Crippen molar-refractivity contribution in [1.29, 1.82) is 0 Å². The molecule has 0 heterocycles. The lowest BCUT2D eigenvalue weighted by molar-refractivity contribution is -0.128. The summed E-state index contributed by atoms with van der Waals surface area (Å²) in [7, 11) is 0. The SMILES string of the molecule is Cc1ccc(OCCNC(=O)C(C)(C)CCl)cc1. The highest BCUT2D eigenvalue weighted by molar-refractivity contribution is 6.19. The fourth-order valence-corrected chi connectivity index (χ4v) is 1.39. The van der Waals surface area contributed by atoms with Gasteiger partial charge in [0.2, 0.25) is 5.91 Å². The fraction of sp³-hybridized carbons (Fsp3) is 0.500. The molecule has 0 fully saturated rings. The molecule has 0 aliphatic carbocycles. The molecular formula is C14H20ClNO2. The molecule has 1 amide bonds. The Hall–Kier alpha value is -1.22. The molecule has 0 bridgehead atoms. The van der Waals surface area contributed by atoms with E-state index in [4.69, 9.17) is 16.3 Å². The molecule has 0 radical (unpaired) electrons. The maximum atomic E-state index is 11.7. The highest BCUT2D eigenvalue weighted by atomic mass is 35.5. The lowest BCUT2D eigenvalue weighted by atomic mass is 9.95. The predicted octanol–water partition coefficient (Wildman–Crippen LogP) is 2.76. The van der Waals surface area contributed by atoms with E-state index in [1.165, 1.54) is 5.56 Å². The van der Waals surface area contributed by atoms with Gasteiger partial charge in [-0.05, 0) is 32.9 Å². The zero-order chi connectivity index (χ0) is 13.6. The largest absolute Gasteiger partial charge is 0.492 e. The first-order valence-electron chi connectivity index (χ1n) is 5.99. The first kappa shape index (κ1) is 14.8. The topological polar surface area (TPSA) is 38.3 Å². The van der Waals surface area contributed by atoms with E-state index < -0.39 is 5.41 Å². The van der Waals surface area contributed by atoms with E-state index in [-0.39, 0.29) is 5.91 Å². The third kappa shape index (κ3) is 4.57. The van der Waals surface area contributed by atoms with Gasteiger partial charge in [-0.3, -0.25) is 4.79 Å². The third-order valence-electron chi connectivity index (χ3n) is 2.63. The third-order valence-corrected chi connectivity index (χ3v) is 3.29. The Morgan fingerprint density at radius 3 is 2.50 bits per heavy atom. The number of carbonyl (C=O) groups is 1. The first-order chi connectivity index (χ1) is 8.45. The van der Waals surface area contributed by atoms with Gasteiger partial charge in [0.25, 0.3) is 0 Å². The fourth-order valence-electron chi connectivity index (χ4n) is 1.27. The van der Waals surface area contributed by atoms with Crippen molar-refractivity contribution >= 4 is 17.5 Å². The minimum Gasteiger partial charge on any atom is -0.492 e. The van der Waals surface area contributed by atoms with Gasteiger partial charge in [-0.1, -0.05) is 17.7 Å². The van der Waals surface area contributed by atoms with Gasteiger partial charge >= 0.3 is 0 Å². The van der Waals surface area contributed by atoms with E-state index in [1.54, 1.807) is 0 Å². The maximum absolute atomic E-state index is 11.7. The second-order valence-electron chi connectivity index (χ2n) is 4.93. The van der Waals surface area contributed by atoms with Crippen LogP contribution in [0.1, 0.15) is 19.4 Å². The summed E-state index contributed by atoms with van der Waals surface area (Å²) in [5.41, 5.74) is 0.658. The summed E-state index contributed by atoms with van der Waals surface area (Å²) in [5, 5.41) is 2.81. The molecule has 1 aromatic carbocycles. The van der Waals surface area contributed by atoms with Crippen LogP contribution in [-0.2, 0) is 4.79 Å². The average molecular weight is 270 g/mol. The molecule has 0 saturated heterocycles. The Bertz CT molecular complexity index is 387. The van der Waals surface area contributed by atoms with Crippen molar-refractivity contribution in [3.63, 3.8) is 0 Å². The Balaban J connectivity index is 2.27. The van der Waals surface area contributed by atoms with Crippen LogP contribution in [0.2, 0.25) is 0 Å². The highest BCUT2D eigenvalue weighted by Gasteiger charge is 2.25. The summed E-state index contributed by atoms with van der Waals surface area (Å²) >= 11 is 5.72. The average Bonchev–Trinajstić information content (AvgIpc) is 2.36. The van der Waals surface area contributed by atoms with Crippen molar-refractivity contribution in [2.24, 2.45) is 5.41 Å². The van der Waals surface area contributed by atoms with Gasteiger partial charge in [0, 0.05) is 5.88 Å². The molecular weight excluding hydrogens is 250 g/mol. The van der Waals surface area contributed by atoms with E-state index in [0.29, 0.717) is 19.0 Å². The van der Waals surface area contributed by atoms with Crippen molar-refractivity contribution < 1.29 is 9.53 Å². The smallest absolute Gasteiger partial charge is 0.226 e. The maximum Gasteiger partial charge on any atom is 0.226 e. The first-order valence-corrected chi connectivity index (χ1v) is 6.53. The summed E-state index contributed by atoms with van der Waals surface area (Å²) in [6, 6.07) is 7.81. The number of aryl methyl sites for hydroxylation is 1. The van der Waals surface area contributed by atoms with Crippen LogP contribution >= 0.6 is 11.6 Å². The van der Waals surface area contributed by atoms with Crippen molar-refractivity contribution in [3.8, 4) is 5.75 Å². The van der Waals surface area contributed by atoms with E-state index >= 15 is 0 Å². The van der Waals surface area contributed by atoms with Crippen molar-refractivity contribution in [2.45, 2.75) is 20.8 Å². The van der Waals surface area contributed by atoms with Gasteiger partial charge in [-0.15, -0.1) is 11.6 Å². The Labute approximate surface area is 113 Å². The second-order valence-corrected chi connectivity index (χ2v) is 5.20. The summed E-state index contributed by atoms with van der Waals surface area (Å²) in [4.78, 5) is 11.7. The number of rotatable bonds is 6. The zero-order valence-electron chi connectivity index (χ0n) is 11.1. The number of ether oxygens (including phenoxy) is 1. The monoisotopic (exact) mass is 269 g/mol. The lowest BCUT2D eigenvalue weighted by Gasteiger charge is -2.20. The van der Waals surface area contributed by atoms with Crippen molar-refractivity contribution in [3.05, 3.63) is 29.8 Å². The van der Waals surface area contributed by atoms with Gasteiger partial charge < -0.3 is 10.1 Å². The summed E-state index contributed by atoms with van der Waals surface area (Å²) < 4.78 is 5.51. The standard InChI is InChI=1S/C14H20ClNO2/c1-11-4-6-12(7-5-11)18-9-8-16-13(17)14(2,3)10-15/h4-7H,8-10H2,1-3H3,(H,16,17). The van der Waals surface area contributed by atoms with Crippen LogP contribution in [0.5, 0.6) is 5.75 Å². The van der Waals surface area contributed by atoms with Crippen LogP contribution < -0.4 is 10.1 Å². The summed E-state index contributed by atoms with van der Waals surface area (Å²) in [6.07, 6.45) is 0. The van der Waals surface area contributed by atoms with E-state index in [2.05, 4.69) is 5.32 Å². The Morgan fingerprint density at radius 2 is 1.94 bits per heavy atom. The molecule has 0 unspecified atom stereocenters. The minimum atomic E-state index is -0.536. The van der Waals surface area contributed by atoms with Crippen molar-refractivity contribution in [2.75, 3.05) is 19.0 Å². The highest BCUT2D eigenvalue weighted by Crippen LogP contribution is 2.16. The van der Waals surface area contributed by atoms with Gasteiger partial charge in [-0.2, -0.15) is 0 Å². The zero-order valence-corrected chi connectivity index (χ0v) is 11.9. The molecule has 1 N–H and O–H groups in total. The van der Waals surface area contributed by atoms with Gasteiger partial charge in [0.1, 0.15) is 12.4 Å². The van der Waals surface area contributed by atoms with Crippen LogP contribution in [0.4, 0.5) is 0 Å². The molecule has 0 aliphatic rings. The van der Waals surface area contributed by atoms with E-state index in [0.717, 1.165) is 5.75 Å². The van der Waals surface area contributed by atoms with Gasteiger partial charge in [-0.25, -0.2) is 0 Å². The lowest BCUT2D eigenvalue weighted by Crippen LogP contribution is -2.39. The van der Waals surface area contributed by atoms with Gasteiger partial charge in [0.05, 0.1) is 12.0 Å². The van der Waals surface area contributed by atoms with E-state index in [1.807, 2.05) is 45.0 Å². The molecule has 1 rings (SSSR count). The van der Waals surface area contributed by atoms with Crippen LogP contribution in [0, 0.1) is 12.3 Å². The molecule has 1 aromatic rings. The number of alkyl halides is 1. The number of amides is 1. The van der Waals surface area contributed by atoms with Crippen molar-refractivity contribution in [1.82, 2.24) is 5.32 Å². The molecule has 100 valence electrons. The Kier molecular flexibility index (Phi) is 5.48. The molecule has 3 nitrogen and oxygen atoms in total. The number of halogens is 1. The molecule has 0 aliphatic heterocycles. The molecule has 0 atom stereocenters. The molecule has 0 saturated carbocycles. The number of nitrogens with one attached hydrogen (secondary N) is 1. The molecule has 18 heavy (non-hydrogen) atoms.